The van der Waals surface area contributed by atoms with Crippen molar-refractivity contribution in [2.24, 2.45) is 5.92 Å². The first kappa shape index (κ1) is 14.1. The molecular weight excluding hydrogens is 273 g/mol. The Morgan fingerprint density at radius 2 is 2.33 bits per heavy atom. The SMILES string of the molecule is CC(O)C1CCN(C(=O)C2=Cc3cc(F)ccc3OC2)C1. The molecule has 1 N–H and O–H groups in total. The highest BCUT2D eigenvalue weighted by Crippen LogP contribution is 2.29. The zero-order chi connectivity index (χ0) is 15.0. The molecule has 0 radical (unpaired) electrons. The third-order valence-electron chi connectivity index (χ3n) is 4.15. The number of rotatable bonds is 2. The van der Waals surface area contributed by atoms with Crippen molar-refractivity contribution >= 4 is 12.0 Å². The lowest BCUT2D eigenvalue weighted by atomic mass is 10.0. The summed E-state index contributed by atoms with van der Waals surface area (Å²) in [6.45, 7) is 3.15. The smallest absolute Gasteiger partial charge is 0.253 e. The summed E-state index contributed by atoms with van der Waals surface area (Å²) in [5.74, 6) is 0.283. The Balaban J connectivity index is 1.77. The van der Waals surface area contributed by atoms with E-state index < -0.39 is 6.10 Å². The van der Waals surface area contributed by atoms with Gasteiger partial charge < -0.3 is 14.7 Å². The van der Waals surface area contributed by atoms with Crippen LogP contribution in [-0.4, -0.2) is 41.7 Å². The van der Waals surface area contributed by atoms with Crippen molar-refractivity contribution in [3.8, 4) is 5.75 Å². The summed E-state index contributed by atoms with van der Waals surface area (Å²) in [4.78, 5) is 14.2. The molecule has 0 saturated carbocycles. The maximum atomic E-state index is 13.3. The highest BCUT2D eigenvalue weighted by molar-refractivity contribution is 5.99. The second-order valence-electron chi connectivity index (χ2n) is 5.68. The summed E-state index contributed by atoms with van der Waals surface area (Å²) < 4.78 is 18.8. The number of nitrogens with zero attached hydrogens (tertiary/aromatic N) is 1. The first-order valence-electron chi connectivity index (χ1n) is 7.15. The molecule has 2 unspecified atom stereocenters. The highest BCUT2D eigenvalue weighted by Gasteiger charge is 2.31. The molecule has 0 aliphatic carbocycles. The van der Waals surface area contributed by atoms with E-state index >= 15 is 0 Å². The molecule has 112 valence electrons. The van der Waals surface area contributed by atoms with Gasteiger partial charge in [-0.3, -0.25) is 4.79 Å². The van der Waals surface area contributed by atoms with E-state index in [1.54, 1.807) is 24.0 Å². The summed E-state index contributed by atoms with van der Waals surface area (Å²) in [6, 6.07) is 4.28. The quantitative estimate of drug-likeness (QED) is 0.904. The van der Waals surface area contributed by atoms with Gasteiger partial charge in [0, 0.05) is 24.6 Å². The van der Waals surface area contributed by atoms with E-state index in [1.165, 1.54) is 12.1 Å². The van der Waals surface area contributed by atoms with Crippen LogP contribution in [0.3, 0.4) is 0 Å². The minimum absolute atomic E-state index is 0.0898. The van der Waals surface area contributed by atoms with E-state index in [9.17, 15) is 14.3 Å². The van der Waals surface area contributed by atoms with Gasteiger partial charge in [0.1, 0.15) is 18.2 Å². The molecule has 5 heteroatoms. The molecule has 1 fully saturated rings. The number of halogens is 1. The van der Waals surface area contributed by atoms with E-state index in [-0.39, 0.29) is 24.2 Å². The van der Waals surface area contributed by atoms with Gasteiger partial charge in [0.2, 0.25) is 0 Å². The van der Waals surface area contributed by atoms with Crippen LogP contribution in [0.1, 0.15) is 18.9 Å². The van der Waals surface area contributed by atoms with Crippen molar-refractivity contribution in [1.29, 1.82) is 0 Å². The predicted octanol–water partition coefficient (Wildman–Crippen LogP) is 1.83. The van der Waals surface area contributed by atoms with E-state index in [0.717, 1.165) is 6.42 Å². The zero-order valence-corrected chi connectivity index (χ0v) is 11.9. The van der Waals surface area contributed by atoms with Gasteiger partial charge >= 0.3 is 0 Å². The van der Waals surface area contributed by atoms with Crippen molar-refractivity contribution < 1.29 is 19.0 Å². The lowest BCUT2D eigenvalue weighted by Gasteiger charge is -2.22. The van der Waals surface area contributed by atoms with E-state index in [1.807, 2.05) is 0 Å². The Morgan fingerprint density at radius 3 is 3.05 bits per heavy atom. The largest absolute Gasteiger partial charge is 0.488 e. The second-order valence-corrected chi connectivity index (χ2v) is 5.68. The molecule has 1 saturated heterocycles. The second kappa shape index (κ2) is 5.48. The number of fused-ring (bicyclic) bond motifs is 1. The van der Waals surface area contributed by atoms with Gasteiger partial charge in [-0.25, -0.2) is 4.39 Å². The third-order valence-corrected chi connectivity index (χ3v) is 4.15. The molecule has 1 aromatic carbocycles. The van der Waals surface area contributed by atoms with Crippen LogP contribution in [0.5, 0.6) is 5.75 Å². The van der Waals surface area contributed by atoms with Crippen LogP contribution in [0.4, 0.5) is 4.39 Å². The number of hydrogen-bond donors (Lipinski definition) is 1. The third kappa shape index (κ3) is 2.78. The van der Waals surface area contributed by atoms with Crippen molar-refractivity contribution in [1.82, 2.24) is 4.90 Å². The molecule has 0 bridgehead atoms. The van der Waals surface area contributed by atoms with Gasteiger partial charge in [0.25, 0.3) is 5.91 Å². The van der Waals surface area contributed by atoms with Gasteiger partial charge in [-0.05, 0) is 37.6 Å². The van der Waals surface area contributed by atoms with Crippen LogP contribution in [-0.2, 0) is 4.79 Å². The van der Waals surface area contributed by atoms with Crippen molar-refractivity contribution in [3.05, 3.63) is 35.2 Å². The maximum Gasteiger partial charge on any atom is 0.253 e. The fraction of sp³-hybridized carbons (Fsp3) is 0.438. The van der Waals surface area contributed by atoms with Gasteiger partial charge in [-0.2, -0.15) is 0 Å². The predicted molar refractivity (Wildman–Crippen MR) is 76.2 cm³/mol. The number of likely N-dealkylation sites (tertiary alicyclic amines) is 1. The molecule has 0 aromatic heterocycles. The fourth-order valence-corrected chi connectivity index (χ4v) is 2.84. The summed E-state index contributed by atoms with van der Waals surface area (Å²) in [5.41, 5.74) is 1.12. The van der Waals surface area contributed by atoms with Gasteiger partial charge in [-0.1, -0.05) is 0 Å². The van der Waals surface area contributed by atoms with E-state index in [0.29, 0.717) is 30.0 Å². The van der Waals surface area contributed by atoms with Crippen LogP contribution >= 0.6 is 0 Å². The minimum Gasteiger partial charge on any atom is -0.488 e. The number of ether oxygens (including phenoxy) is 1. The molecule has 2 aliphatic heterocycles. The highest BCUT2D eigenvalue weighted by atomic mass is 19.1. The number of aliphatic hydroxyl groups excluding tert-OH is 1. The number of amides is 1. The standard InChI is InChI=1S/C16H18FNO3/c1-10(19)11-4-5-18(8-11)16(20)13-6-12-7-14(17)2-3-15(12)21-9-13/h2-3,6-7,10-11,19H,4-5,8-9H2,1H3. The molecule has 3 rings (SSSR count). The normalized spacial score (nSPS) is 22.3. The van der Waals surface area contributed by atoms with Crippen LogP contribution in [0, 0.1) is 11.7 Å². The van der Waals surface area contributed by atoms with E-state index in [4.69, 9.17) is 4.74 Å². The molecule has 21 heavy (non-hydrogen) atoms. The Hall–Kier alpha value is -1.88. The molecule has 1 aromatic rings. The first-order chi connectivity index (χ1) is 10.0. The Bertz CT molecular complexity index is 597. The molecule has 2 heterocycles. The summed E-state index contributed by atoms with van der Waals surface area (Å²) in [5, 5.41) is 9.60. The summed E-state index contributed by atoms with van der Waals surface area (Å²) >= 11 is 0. The van der Waals surface area contributed by atoms with Crippen LogP contribution < -0.4 is 4.74 Å². The lowest BCUT2D eigenvalue weighted by molar-refractivity contribution is -0.126. The summed E-state index contributed by atoms with van der Waals surface area (Å²) in [7, 11) is 0. The first-order valence-corrected chi connectivity index (χ1v) is 7.15. The summed E-state index contributed by atoms with van der Waals surface area (Å²) in [6.07, 6.45) is 2.09. The van der Waals surface area contributed by atoms with Gasteiger partial charge in [-0.15, -0.1) is 0 Å². The maximum absolute atomic E-state index is 13.3. The number of hydrogen-bond acceptors (Lipinski definition) is 3. The number of carbonyl (C=O) groups is 1. The van der Waals surface area contributed by atoms with Crippen LogP contribution in [0.15, 0.2) is 23.8 Å². The molecule has 4 nitrogen and oxygen atoms in total. The van der Waals surface area contributed by atoms with Crippen molar-refractivity contribution in [3.63, 3.8) is 0 Å². The molecular formula is C16H18FNO3. The Labute approximate surface area is 122 Å². The average molecular weight is 291 g/mol. The minimum atomic E-state index is -0.408. The topological polar surface area (TPSA) is 49.8 Å². The van der Waals surface area contributed by atoms with Gasteiger partial charge in [0.15, 0.2) is 0 Å². The number of benzene rings is 1. The average Bonchev–Trinajstić information content (AvgIpc) is 2.95. The Morgan fingerprint density at radius 1 is 1.52 bits per heavy atom. The van der Waals surface area contributed by atoms with Crippen LogP contribution in [0.2, 0.25) is 0 Å². The lowest BCUT2D eigenvalue weighted by Crippen LogP contribution is -2.33. The van der Waals surface area contributed by atoms with Crippen LogP contribution in [0.25, 0.3) is 6.08 Å². The molecule has 2 atom stereocenters. The number of aliphatic hydroxyl groups is 1. The van der Waals surface area contributed by atoms with Crippen molar-refractivity contribution in [2.45, 2.75) is 19.4 Å². The molecule has 0 spiro atoms. The Kier molecular flexibility index (Phi) is 3.68. The molecule has 1 amide bonds. The fourth-order valence-electron chi connectivity index (χ4n) is 2.84. The monoisotopic (exact) mass is 291 g/mol. The van der Waals surface area contributed by atoms with E-state index in [2.05, 4.69) is 0 Å². The number of carbonyl (C=O) groups excluding carboxylic acids is 1. The van der Waals surface area contributed by atoms with Crippen molar-refractivity contribution in [2.75, 3.05) is 19.7 Å². The zero-order valence-electron chi connectivity index (χ0n) is 11.9. The molecule has 2 aliphatic rings. The van der Waals surface area contributed by atoms with Gasteiger partial charge in [0.05, 0.1) is 11.7 Å².